The van der Waals surface area contributed by atoms with E-state index < -0.39 is 0 Å². The molecule has 2 rings (SSSR count). The van der Waals surface area contributed by atoms with Crippen molar-refractivity contribution in [2.45, 2.75) is 39.7 Å². The third-order valence-corrected chi connectivity index (χ3v) is 4.73. The highest BCUT2D eigenvalue weighted by atomic mass is 16.2. The van der Waals surface area contributed by atoms with Crippen LogP contribution < -0.4 is 4.90 Å². The Morgan fingerprint density at radius 1 is 1.20 bits per heavy atom. The van der Waals surface area contributed by atoms with Gasteiger partial charge in [-0.3, -0.25) is 9.59 Å². The zero-order chi connectivity index (χ0) is 18.6. The van der Waals surface area contributed by atoms with E-state index in [0.717, 1.165) is 17.8 Å². The molecule has 1 atom stereocenters. The first-order valence-electron chi connectivity index (χ1n) is 9.14. The number of anilines is 1. The SMILES string of the molecule is CC(C)CN1CCN(C(=O)CCc2ccc(N(C)C)cc2)[C@H](C)C1=O. The Kier molecular flexibility index (Phi) is 6.45. The Bertz CT molecular complexity index is 595. The van der Waals surface area contributed by atoms with Crippen molar-refractivity contribution in [3.8, 4) is 0 Å². The summed E-state index contributed by atoms with van der Waals surface area (Å²) in [6.07, 6.45) is 1.16. The Balaban J connectivity index is 1.89. The normalized spacial score (nSPS) is 18.0. The summed E-state index contributed by atoms with van der Waals surface area (Å²) in [6.45, 7) is 8.11. The maximum atomic E-state index is 12.6. The standard InChI is InChI=1S/C20H31N3O2/c1-15(2)14-22-12-13-23(16(3)20(22)25)19(24)11-8-17-6-9-18(10-7-17)21(4)5/h6-7,9-10,15-16H,8,11-14H2,1-5H3/t16-/m1/s1. The van der Waals surface area contributed by atoms with Crippen LogP contribution in [0.25, 0.3) is 0 Å². The molecule has 0 aliphatic carbocycles. The molecule has 1 aliphatic heterocycles. The number of piperazine rings is 1. The molecule has 1 heterocycles. The van der Waals surface area contributed by atoms with Crippen LogP contribution in [-0.4, -0.2) is 61.4 Å². The molecule has 0 radical (unpaired) electrons. The molecule has 138 valence electrons. The zero-order valence-electron chi connectivity index (χ0n) is 16.2. The van der Waals surface area contributed by atoms with Crippen LogP contribution in [0.5, 0.6) is 0 Å². The molecule has 1 saturated heterocycles. The van der Waals surface area contributed by atoms with Crippen LogP contribution in [0.1, 0.15) is 32.8 Å². The Hall–Kier alpha value is -2.04. The van der Waals surface area contributed by atoms with Gasteiger partial charge in [-0.1, -0.05) is 26.0 Å². The lowest BCUT2D eigenvalue weighted by molar-refractivity contribution is -0.151. The summed E-state index contributed by atoms with van der Waals surface area (Å²) in [5, 5.41) is 0. The number of aryl methyl sites for hydroxylation is 1. The fourth-order valence-corrected chi connectivity index (χ4v) is 3.25. The second-order valence-corrected chi connectivity index (χ2v) is 7.50. The average molecular weight is 345 g/mol. The molecule has 5 nitrogen and oxygen atoms in total. The monoisotopic (exact) mass is 345 g/mol. The summed E-state index contributed by atoms with van der Waals surface area (Å²) in [7, 11) is 4.02. The molecular formula is C20H31N3O2. The van der Waals surface area contributed by atoms with Crippen molar-refractivity contribution in [3.05, 3.63) is 29.8 Å². The molecule has 0 unspecified atom stereocenters. The van der Waals surface area contributed by atoms with E-state index >= 15 is 0 Å². The van der Waals surface area contributed by atoms with Crippen molar-refractivity contribution < 1.29 is 9.59 Å². The van der Waals surface area contributed by atoms with Crippen molar-refractivity contribution in [2.24, 2.45) is 5.92 Å². The van der Waals surface area contributed by atoms with Gasteiger partial charge < -0.3 is 14.7 Å². The first kappa shape index (κ1) is 19.3. The van der Waals surface area contributed by atoms with E-state index in [1.807, 2.05) is 25.9 Å². The van der Waals surface area contributed by atoms with E-state index in [-0.39, 0.29) is 17.9 Å². The summed E-state index contributed by atoms with van der Waals surface area (Å²) < 4.78 is 0. The molecule has 0 N–H and O–H groups in total. The van der Waals surface area contributed by atoms with E-state index in [9.17, 15) is 9.59 Å². The van der Waals surface area contributed by atoms with E-state index in [2.05, 4.69) is 43.0 Å². The predicted octanol–water partition coefficient (Wildman–Crippen LogP) is 2.40. The molecule has 25 heavy (non-hydrogen) atoms. The highest BCUT2D eigenvalue weighted by Gasteiger charge is 2.33. The van der Waals surface area contributed by atoms with Crippen molar-refractivity contribution in [1.29, 1.82) is 0 Å². The van der Waals surface area contributed by atoms with Crippen molar-refractivity contribution in [3.63, 3.8) is 0 Å². The van der Waals surface area contributed by atoms with Gasteiger partial charge in [-0.25, -0.2) is 0 Å². The highest BCUT2D eigenvalue weighted by Crippen LogP contribution is 2.17. The second kappa shape index (κ2) is 8.37. The van der Waals surface area contributed by atoms with E-state index in [1.54, 1.807) is 4.90 Å². The largest absolute Gasteiger partial charge is 0.378 e. The number of carbonyl (C=O) groups is 2. The first-order chi connectivity index (χ1) is 11.8. The van der Waals surface area contributed by atoms with Gasteiger partial charge in [0.2, 0.25) is 11.8 Å². The molecule has 0 aromatic heterocycles. The number of amides is 2. The van der Waals surface area contributed by atoms with Crippen LogP contribution in [0.15, 0.2) is 24.3 Å². The molecule has 0 saturated carbocycles. The third kappa shape index (κ3) is 4.97. The van der Waals surface area contributed by atoms with Gasteiger partial charge in [-0.05, 0) is 37.0 Å². The molecular weight excluding hydrogens is 314 g/mol. The van der Waals surface area contributed by atoms with Gasteiger partial charge in [-0.15, -0.1) is 0 Å². The van der Waals surface area contributed by atoms with Gasteiger partial charge in [0.1, 0.15) is 6.04 Å². The Morgan fingerprint density at radius 3 is 2.40 bits per heavy atom. The van der Waals surface area contributed by atoms with Gasteiger partial charge in [-0.2, -0.15) is 0 Å². The fourth-order valence-electron chi connectivity index (χ4n) is 3.25. The molecule has 5 heteroatoms. The minimum atomic E-state index is -0.351. The number of hydrogen-bond donors (Lipinski definition) is 0. The summed E-state index contributed by atoms with van der Waals surface area (Å²) in [5.41, 5.74) is 2.30. The summed E-state index contributed by atoms with van der Waals surface area (Å²) >= 11 is 0. The van der Waals surface area contributed by atoms with Crippen molar-refractivity contribution in [1.82, 2.24) is 9.80 Å². The average Bonchev–Trinajstić information content (AvgIpc) is 2.57. The van der Waals surface area contributed by atoms with Crippen LogP contribution in [0.2, 0.25) is 0 Å². The first-order valence-corrected chi connectivity index (χ1v) is 9.14. The fraction of sp³-hybridized carbons (Fsp3) is 0.600. The van der Waals surface area contributed by atoms with Crippen LogP contribution in [0.3, 0.4) is 0 Å². The van der Waals surface area contributed by atoms with Gasteiger partial charge in [0.25, 0.3) is 0 Å². The van der Waals surface area contributed by atoms with Crippen LogP contribution >= 0.6 is 0 Å². The number of rotatable bonds is 6. The van der Waals surface area contributed by atoms with Crippen LogP contribution in [0.4, 0.5) is 5.69 Å². The number of benzene rings is 1. The number of nitrogens with zero attached hydrogens (tertiary/aromatic N) is 3. The Morgan fingerprint density at radius 2 is 1.84 bits per heavy atom. The van der Waals surface area contributed by atoms with Crippen LogP contribution in [-0.2, 0) is 16.0 Å². The van der Waals surface area contributed by atoms with Crippen molar-refractivity contribution >= 4 is 17.5 Å². The highest BCUT2D eigenvalue weighted by molar-refractivity contribution is 5.88. The predicted molar refractivity (Wildman–Crippen MR) is 102 cm³/mol. The van der Waals surface area contributed by atoms with E-state index in [1.165, 1.54) is 0 Å². The van der Waals surface area contributed by atoms with Gasteiger partial charge in [0.15, 0.2) is 0 Å². The maximum Gasteiger partial charge on any atom is 0.245 e. The number of carbonyl (C=O) groups excluding carboxylic acids is 2. The lowest BCUT2D eigenvalue weighted by atomic mass is 10.1. The summed E-state index contributed by atoms with van der Waals surface area (Å²) in [5.74, 6) is 0.592. The molecule has 1 aliphatic rings. The lowest BCUT2D eigenvalue weighted by Crippen LogP contribution is -2.58. The Labute approximate surface area is 151 Å². The topological polar surface area (TPSA) is 43.9 Å². The molecule has 1 aromatic rings. The van der Waals surface area contributed by atoms with Gasteiger partial charge in [0, 0.05) is 45.8 Å². The minimum absolute atomic E-state index is 0.0710. The smallest absolute Gasteiger partial charge is 0.245 e. The lowest BCUT2D eigenvalue weighted by Gasteiger charge is -2.39. The molecule has 0 spiro atoms. The number of hydrogen-bond acceptors (Lipinski definition) is 3. The van der Waals surface area contributed by atoms with E-state index in [0.29, 0.717) is 31.8 Å². The molecule has 0 bridgehead atoms. The summed E-state index contributed by atoms with van der Waals surface area (Å²) in [6, 6.07) is 7.92. The van der Waals surface area contributed by atoms with Gasteiger partial charge in [0.05, 0.1) is 0 Å². The maximum absolute atomic E-state index is 12.6. The minimum Gasteiger partial charge on any atom is -0.378 e. The van der Waals surface area contributed by atoms with E-state index in [4.69, 9.17) is 0 Å². The quantitative estimate of drug-likeness (QED) is 0.795. The van der Waals surface area contributed by atoms with Gasteiger partial charge >= 0.3 is 0 Å². The second-order valence-electron chi connectivity index (χ2n) is 7.50. The molecule has 1 aromatic carbocycles. The summed E-state index contributed by atoms with van der Waals surface area (Å²) in [4.78, 5) is 30.7. The van der Waals surface area contributed by atoms with Crippen molar-refractivity contribution in [2.75, 3.05) is 38.6 Å². The molecule has 2 amide bonds. The van der Waals surface area contributed by atoms with Crippen LogP contribution in [0, 0.1) is 5.92 Å². The molecule has 1 fully saturated rings. The zero-order valence-corrected chi connectivity index (χ0v) is 16.2. The third-order valence-electron chi connectivity index (χ3n) is 4.73.